The number of methoxy groups -OCH3 is 1. The molecule has 0 saturated carbocycles. The van der Waals surface area contributed by atoms with E-state index in [1.54, 1.807) is 12.1 Å². The minimum Gasteiger partial charge on any atom is -0.508 e. The number of carbonyl (C=O) groups is 2. The molecule has 0 fully saturated rings. The van der Waals surface area contributed by atoms with E-state index in [2.05, 4.69) is 9.72 Å². The number of ether oxygens (including phenoxy) is 1. The maximum absolute atomic E-state index is 12.8. The Morgan fingerprint density at radius 3 is 2.64 bits per heavy atom. The number of ketones is 1. The summed E-state index contributed by atoms with van der Waals surface area (Å²) in [5.74, 6) is 0.362. The number of hydrogen-bond donors (Lipinski definition) is 1. The molecule has 0 radical (unpaired) electrons. The number of esters is 1. The molecule has 2 heterocycles. The molecule has 1 N–H and O–H groups in total. The number of pyridine rings is 1. The van der Waals surface area contributed by atoms with Crippen molar-refractivity contribution < 1.29 is 19.4 Å². The number of aromatic hydroxyl groups is 1. The van der Waals surface area contributed by atoms with E-state index in [1.165, 1.54) is 19.2 Å². The first-order chi connectivity index (χ1) is 12.1. The first-order valence-electron chi connectivity index (χ1n) is 7.96. The predicted octanol–water partition coefficient (Wildman–Crippen LogP) is 2.77. The van der Waals surface area contributed by atoms with Crippen molar-refractivity contribution in [3.05, 3.63) is 65.7 Å². The number of aromatic nitrogens is 2. The summed E-state index contributed by atoms with van der Waals surface area (Å²) in [7, 11) is 1.36. The van der Waals surface area contributed by atoms with Gasteiger partial charge in [-0.05, 0) is 42.8 Å². The maximum atomic E-state index is 12.8. The van der Waals surface area contributed by atoms with Crippen LogP contribution in [0.4, 0.5) is 0 Å². The van der Waals surface area contributed by atoms with Gasteiger partial charge < -0.3 is 14.2 Å². The molecule has 0 amide bonds. The van der Waals surface area contributed by atoms with Crippen molar-refractivity contribution in [3.8, 4) is 5.75 Å². The summed E-state index contributed by atoms with van der Waals surface area (Å²) in [6, 6.07) is 11.7. The Kier molecular flexibility index (Phi) is 4.79. The van der Waals surface area contributed by atoms with Gasteiger partial charge in [-0.15, -0.1) is 0 Å². The Balaban J connectivity index is 1.92. The van der Waals surface area contributed by atoms with Crippen LogP contribution in [0.1, 0.15) is 34.7 Å². The number of fused-ring (bicyclic) bond motifs is 1. The van der Waals surface area contributed by atoms with E-state index < -0.39 is 0 Å². The van der Waals surface area contributed by atoms with Gasteiger partial charge in [0.2, 0.25) is 5.78 Å². The molecule has 1 aromatic carbocycles. The van der Waals surface area contributed by atoms with Crippen LogP contribution in [0.2, 0.25) is 0 Å². The number of rotatable bonds is 6. The van der Waals surface area contributed by atoms with Crippen LogP contribution in [-0.2, 0) is 16.0 Å². The van der Waals surface area contributed by atoms with Gasteiger partial charge in [0.25, 0.3) is 0 Å². The standard InChI is InChI=1S/C19H18N2O4/c1-25-17(23)7-4-6-16-20-18(15-5-2-3-12-21(15)16)19(24)13-8-10-14(22)11-9-13/h2-3,5,8-12,22H,4,6-7H2,1H3. The number of carbonyl (C=O) groups excluding carboxylic acids is 2. The third-order valence-corrected chi connectivity index (χ3v) is 3.97. The van der Waals surface area contributed by atoms with Gasteiger partial charge in [0.1, 0.15) is 17.3 Å². The van der Waals surface area contributed by atoms with E-state index in [4.69, 9.17) is 0 Å². The molecular formula is C19H18N2O4. The number of nitrogens with zero attached hydrogens (tertiary/aromatic N) is 2. The molecule has 0 aliphatic rings. The number of phenolic OH excluding ortho intramolecular Hbond substituents is 1. The number of aryl methyl sites for hydroxylation is 1. The van der Waals surface area contributed by atoms with Crippen LogP contribution in [0.25, 0.3) is 5.52 Å². The average Bonchev–Trinajstić information content (AvgIpc) is 3.00. The summed E-state index contributed by atoms with van der Waals surface area (Å²) in [6.07, 6.45) is 3.31. The lowest BCUT2D eigenvalue weighted by Crippen LogP contribution is -2.03. The molecule has 2 aromatic heterocycles. The Bertz CT molecular complexity index is 913. The topological polar surface area (TPSA) is 80.9 Å². The molecule has 0 bridgehead atoms. The first kappa shape index (κ1) is 16.7. The molecule has 0 spiro atoms. The number of hydrogen-bond acceptors (Lipinski definition) is 5. The predicted molar refractivity (Wildman–Crippen MR) is 91.7 cm³/mol. The highest BCUT2D eigenvalue weighted by Gasteiger charge is 2.18. The fourth-order valence-electron chi connectivity index (χ4n) is 2.69. The zero-order valence-corrected chi connectivity index (χ0v) is 13.8. The molecule has 25 heavy (non-hydrogen) atoms. The summed E-state index contributed by atoms with van der Waals surface area (Å²) in [4.78, 5) is 28.6. The highest BCUT2D eigenvalue weighted by molar-refractivity contribution is 6.11. The van der Waals surface area contributed by atoms with Crippen molar-refractivity contribution >= 4 is 17.3 Å². The first-order valence-corrected chi connectivity index (χ1v) is 7.96. The zero-order chi connectivity index (χ0) is 17.8. The molecular weight excluding hydrogens is 320 g/mol. The fourth-order valence-corrected chi connectivity index (χ4v) is 2.69. The van der Waals surface area contributed by atoms with Gasteiger partial charge in [0, 0.05) is 24.6 Å². The molecule has 6 nitrogen and oxygen atoms in total. The normalized spacial score (nSPS) is 10.8. The van der Waals surface area contributed by atoms with Crippen molar-refractivity contribution in [1.29, 1.82) is 0 Å². The summed E-state index contributed by atoms with van der Waals surface area (Å²) in [6.45, 7) is 0. The zero-order valence-electron chi connectivity index (χ0n) is 13.8. The summed E-state index contributed by atoms with van der Waals surface area (Å²) >= 11 is 0. The SMILES string of the molecule is COC(=O)CCCc1nc(C(=O)c2ccc(O)cc2)c2ccccn12. The molecule has 0 aliphatic heterocycles. The van der Waals surface area contributed by atoms with E-state index in [0.29, 0.717) is 36.0 Å². The second kappa shape index (κ2) is 7.17. The Labute approximate surface area is 144 Å². The number of benzene rings is 1. The number of phenols is 1. The lowest BCUT2D eigenvalue weighted by Gasteiger charge is -2.00. The van der Waals surface area contributed by atoms with Gasteiger partial charge in [-0.2, -0.15) is 0 Å². The van der Waals surface area contributed by atoms with Crippen LogP contribution in [0.5, 0.6) is 5.75 Å². The minimum absolute atomic E-state index is 0.106. The fraction of sp³-hybridized carbons (Fsp3) is 0.211. The van der Waals surface area contributed by atoms with Crippen LogP contribution in [-0.4, -0.2) is 33.4 Å². The van der Waals surface area contributed by atoms with Crippen molar-refractivity contribution in [3.63, 3.8) is 0 Å². The summed E-state index contributed by atoms with van der Waals surface area (Å²) < 4.78 is 6.51. The minimum atomic E-state index is -0.263. The second-order valence-electron chi connectivity index (χ2n) is 5.64. The highest BCUT2D eigenvalue weighted by atomic mass is 16.5. The third kappa shape index (κ3) is 3.52. The van der Waals surface area contributed by atoms with Crippen molar-refractivity contribution in [2.75, 3.05) is 7.11 Å². The van der Waals surface area contributed by atoms with Crippen LogP contribution in [0, 0.1) is 0 Å². The average molecular weight is 338 g/mol. The largest absolute Gasteiger partial charge is 0.508 e. The van der Waals surface area contributed by atoms with E-state index in [1.807, 2.05) is 28.8 Å². The maximum Gasteiger partial charge on any atom is 0.305 e. The summed E-state index contributed by atoms with van der Waals surface area (Å²) in [5, 5.41) is 9.38. The van der Waals surface area contributed by atoms with Crippen molar-refractivity contribution in [2.45, 2.75) is 19.3 Å². The van der Waals surface area contributed by atoms with Gasteiger partial charge in [0.15, 0.2) is 0 Å². The molecule has 128 valence electrons. The summed E-state index contributed by atoms with van der Waals surface area (Å²) in [5.41, 5.74) is 1.54. The lowest BCUT2D eigenvalue weighted by molar-refractivity contribution is -0.140. The number of imidazole rings is 1. The molecule has 0 saturated heterocycles. The molecule has 0 atom stereocenters. The monoisotopic (exact) mass is 338 g/mol. The van der Waals surface area contributed by atoms with E-state index in [9.17, 15) is 14.7 Å². The van der Waals surface area contributed by atoms with Crippen molar-refractivity contribution in [2.24, 2.45) is 0 Å². The van der Waals surface area contributed by atoms with Gasteiger partial charge in [-0.25, -0.2) is 4.98 Å². The van der Waals surface area contributed by atoms with Crippen LogP contribution >= 0.6 is 0 Å². The molecule has 0 aliphatic carbocycles. The smallest absolute Gasteiger partial charge is 0.305 e. The highest BCUT2D eigenvalue weighted by Crippen LogP contribution is 2.20. The second-order valence-corrected chi connectivity index (χ2v) is 5.64. The van der Waals surface area contributed by atoms with E-state index in [0.717, 1.165) is 5.82 Å². The van der Waals surface area contributed by atoms with Gasteiger partial charge >= 0.3 is 5.97 Å². The molecule has 6 heteroatoms. The van der Waals surface area contributed by atoms with Gasteiger partial charge in [0.05, 0.1) is 12.6 Å². The van der Waals surface area contributed by atoms with E-state index in [-0.39, 0.29) is 17.5 Å². The Morgan fingerprint density at radius 2 is 1.92 bits per heavy atom. The van der Waals surface area contributed by atoms with Crippen LogP contribution in [0.3, 0.4) is 0 Å². The van der Waals surface area contributed by atoms with E-state index >= 15 is 0 Å². The van der Waals surface area contributed by atoms with Crippen LogP contribution in [0.15, 0.2) is 48.7 Å². The lowest BCUT2D eigenvalue weighted by atomic mass is 10.1. The molecule has 0 unspecified atom stereocenters. The Morgan fingerprint density at radius 1 is 1.16 bits per heavy atom. The van der Waals surface area contributed by atoms with Gasteiger partial charge in [-0.1, -0.05) is 6.07 Å². The Hall–Kier alpha value is -3.15. The quantitative estimate of drug-likeness (QED) is 0.552. The van der Waals surface area contributed by atoms with Gasteiger partial charge in [-0.3, -0.25) is 9.59 Å². The van der Waals surface area contributed by atoms with Crippen molar-refractivity contribution in [1.82, 2.24) is 9.38 Å². The molecule has 3 rings (SSSR count). The molecule has 3 aromatic rings. The van der Waals surface area contributed by atoms with Crippen LogP contribution < -0.4 is 0 Å². The third-order valence-electron chi connectivity index (χ3n) is 3.97.